The van der Waals surface area contributed by atoms with E-state index in [9.17, 15) is 13.2 Å². The number of anilines is 1. The molecule has 0 aliphatic carbocycles. The fraction of sp³-hybridized carbons (Fsp3) is 0.438. The monoisotopic (exact) mass is 365 g/mol. The molecule has 0 aliphatic rings. The quantitative estimate of drug-likeness (QED) is 0.755. The maximum atomic E-state index is 12.2. The van der Waals surface area contributed by atoms with Crippen LogP contribution in [0.4, 0.5) is 5.69 Å². The number of carbonyl (C=O) groups excluding carboxylic acids is 1. The van der Waals surface area contributed by atoms with Crippen molar-refractivity contribution in [2.24, 2.45) is 0 Å². The summed E-state index contributed by atoms with van der Waals surface area (Å²) in [4.78, 5) is 12.2. The van der Waals surface area contributed by atoms with Gasteiger partial charge in [-0.1, -0.05) is 19.1 Å². The fourth-order valence-corrected chi connectivity index (χ4v) is 3.24. The van der Waals surface area contributed by atoms with Crippen LogP contribution in [0.2, 0.25) is 0 Å². The third-order valence-electron chi connectivity index (χ3n) is 3.58. The zero-order valence-corrected chi connectivity index (χ0v) is 15.5. The Bertz CT molecular complexity index is 832. The number of sulfonamides is 1. The molecule has 2 rings (SSSR count). The van der Waals surface area contributed by atoms with Crippen molar-refractivity contribution in [2.45, 2.75) is 33.4 Å². The maximum Gasteiger partial charge on any atom is 0.241 e. The first-order valence-electron chi connectivity index (χ1n) is 7.99. The standard InChI is InChI=1S/C16H23N5O3S/c1-4-8-20-12-18-19-15(20)10-17-16(22)11-21(25(3,23)24)14-7-5-6-13(2)9-14/h5-7,9,12H,4,8,10-11H2,1-3H3,(H,17,22). The Hall–Kier alpha value is -2.42. The van der Waals surface area contributed by atoms with Crippen LogP contribution >= 0.6 is 0 Å². The van der Waals surface area contributed by atoms with Crippen LogP contribution in [0.5, 0.6) is 0 Å². The van der Waals surface area contributed by atoms with Crippen molar-refractivity contribution in [3.05, 3.63) is 42.0 Å². The molecule has 2 aromatic rings. The van der Waals surface area contributed by atoms with Crippen molar-refractivity contribution < 1.29 is 13.2 Å². The number of rotatable bonds is 8. The van der Waals surface area contributed by atoms with Crippen molar-refractivity contribution in [2.75, 3.05) is 17.1 Å². The molecule has 25 heavy (non-hydrogen) atoms. The summed E-state index contributed by atoms with van der Waals surface area (Å²) in [6, 6.07) is 7.02. The Labute approximate surface area is 147 Å². The highest BCUT2D eigenvalue weighted by atomic mass is 32.2. The summed E-state index contributed by atoms with van der Waals surface area (Å²) in [5.41, 5.74) is 1.38. The number of carbonyl (C=O) groups is 1. The van der Waals surface area contributed by atoms with E-state index in [0.717, 1.165) is 29.1 Å². The number of hydrogen-bond donors (Lipinski definition) is 1. The molecule has 0 fully saturated rings. The first-order chi connectivity index (χ1) is 11.8. The zero-order chi connectivity index (χ0) is 18.4. The van der Waals surface area contributed by atoms with E-state index in [1.807, 2.05) is 24.5 Å². The molecule has 0 bridgehead atoms. The lowest BCUT2D eigenvalue weighted by atomic mass is 10.2. The second kappa shape index (κ2) is 8.11. The second-order valence-corrected chi connectivity index (χ2v) is 7.73. The van der Waals surface area contributed by atoms with E-state index in [-0.39, 0.29) is 13.1 Å². The minimum atomic E-state index is -3.58. The van der Waals surface area contributed by atoms with Crippen LogP contribution in [0.3, 0.4) is 0 Å². The van der Waals surface area contributed by atoms with Crippen molar-refractivity contribution in [3.8, 4) is 0 Å². The summed E-state index contributed by atoms with van der Waals surface area (Å²) in [7, 11) is -3.58. The second-order valence-electron chi connectivity index (χ2n) is 5.83. The lowest BCUT2D eigenvalue weighted by molar-refractivity contribution is -0.119. The van der Waals surface area contributed by atoms with Crippen molar-refractivity contribution in [1.82, 2.24) is 20.1 Å². The number of nitrogens with zero attached hydrogens (tertiary/aromatic N) is 4. The lowest BCUT2D eigenvalue weighted by Crippen LogP contribution is -2.40. The first kappa shape index (κ1) is 18.9. The summed E-state index contributed by atoms with van der Waals surface area (Å²) < 4.78 is 27.1. The summed E-state index contributed by atoms with van der Waals surface area (Å²) in [5, 5.41) is 10.5. The molecule has 0 spiro atoms. The third-order valence-corrected chi connectivity index (χ3v) is 4.72. The highest BCUT2D eigenvalue weighted by molar-refractivity contribution is 7.92. The Morgan fingerprint density at radius 1 is 1.36 bits per heavy atom. The fourth-order valence-electron chi connectivity index (χ4n) is 2.39. The molecule has 0 aliphatic heterocycles. The van der Waals surface area contributed by atoms with Crippen molar-refractivity contribution >= 4 is 21.6 Å². The van der Waals surface area contributed by atoms with Gasteiger partial charge >= 0.3 is 0 Å². The Morgan fingerprint density at radius 2 is 2.12 bits per heavy atom. The van der Waals surface area contributed by atoms with Gasteiger partial charge in [0.1, 0.15) is 12.9 Å². The number of aryl methyl sites for hydroxylation is 2. The number of nitrogens with one attached hydrogen (secondary N) is 1. The maximum absolute atomic E-state index is 12.2. The van der Waals surface area contributed by atoms with E-state index in [0.29, 0.717) is 11.5 Å². The molecule has 1 N–H and O–H groups in total. The van der Waals surface area contributed by atoms with Crippen LogP contribution in [-0.2, 0) is 27.9 Å². The molecule has 136 valence electrons. The molecule has 1 heterocycles. The minimum absolute atomic E-state index is 0.199. The Morgan fingerprint density at radius 3 is 2.76 bits per heavy atom. The molecule has 0 unspecified atom stereocenters. The van der Waals surface area contributed by atoms with Gasteiger partial charge in [-0.3, -0.25) is 9.10 Å². The van der Waals surface area contributed by atoms with Gasteiger partial charge in [-0.2, -0.15) is 0 Å². The van der Waals surface area contributed by atoms with E-state index in [1.54, 1.807) is 24.5 Å². The van der Waals surface area contributed by atoms with Gasteiger partial charge in [0.15, 0.2) is 5.82 Å². The summed E-state index contributed by atoms with van der Waals surface area (Å²) in [6.45, 7) is 4.57. The van der Waals surface area contributed by atoms with Gasteiger partial charge in [0.05, 0.1) is 18.5 Å². The predicted octanol–water partition coefficient (Wildman–Crippen LogP) is 1.08. The number of aromatic nitrogens is 3. The third kappa shape index (κ3) is 5.28. The SMILES string of the molecule is CCCn1cnnc1CNC(=O)CN(c1cccc(C)c1)S(C)(=O)=O. The van der Waals surface area contributed by atoms with E-state index >= 15 is 0 Å². The largest absolute Gasteiger partial charge is 0.347 e. The van der Waals surface area contributed by atoms with Crippen LogP contribution in [0.1, 0.15) is 24.7 Å². The summed E-state index contributed by atoms with van der Waals surface area (Å²) in [5.74, 6) is 0.231. The smallest absolute Gasteiger partial charge is 0.241 e. The highest BCUT2D eigenvalue weighted by Gasteiger charge is 2.21. The molecule has 9 heteroatoms. The average molecular weight is 365 g/mol. The van der Waals surface area contributed by atoms with Gasteiger partial charge in [-0.15, -0.1) is 10.2 Å². The molecule has 8 nitrogen and oxygen atoms in total. The number of hydrogen-bond acceptors (Lipinski definition) is 5. The van der Waals surface area contributed by atoms with E-state index < -0.39 is 15.9 Å². The molecule has 1 aromatic carbocycles. The summed E-state index contributed by atoms with van der Waals surface area (Å²) in [6.07, 6.45) is 3.62. The Balaban J connectivity index is 2.06. The normalized spacial score (nSPS) is 11.3. The number of amides is 1. The zero-order valence-electron chi connectivity index (χ0n) is 14.6. The van der Waals surface area contributed by atoms with Crippen LogP contribution in [-0.4, -0.2) is 41.9 Å². The van der Waals surface area contributed by atoms with Gasteiger partial charge in [0.2, 0.25) is 15.9 Å². The van der Waals surface area contributed by atoms with Crippen LogP contribution in [0.15, 0.2) is 30.6 Å². The molecular formula is C16H23N5O3S. The topological polar surface area (TPSA) is 97.2 Å². The minimum Gasteiger partial charge on any atom is -0.347 e. The van der Waals surface area contributed by atoms with Gasteiger partial charge in [-0.25, -0.2) is 8.42 Å². The van der Waals surface area contributed by atoms with E-state index in [1.165, 1.54) is 0 Å². The van der Waals surface area contributed by atoms with Crippen molar-refractivity contribution in [3.63, 3.8) is 0 Å². The van der Waals surface area contributed by atoms with Crippen LogP contribution in [0.25, 0.3) is 0 Å². The Kier molecular flexibility index (Phi) is 6.13. The van der Waals surface area contributed by atoms with E-state index in [2.05, 4.69) is 15.5 Å². The molecule has 0 saturated heterocycles. The van der Waals surface area contributed by atoms with Gasteiger partial charge in [0, 0.05) is 6.54 Å². The molecule has 0 atom stereocenters. The molecule has 0 saturated carbocycles. The van der Waals surface area contributed by atoms with Crippen molar-refractivity contribution in [1.29, 1.82) is 0 Å². The average Bonchev–Trinajstić information content (AvgIpc) is 2.97. The predicted molar refractivity (Wildman–Crippen MR) is 95.5 cm³/mol. The molecule has 0 radical (unpaired) electrons. The van der Waals surface area contributed by atoms with Gasteiger partial charge in [0.25, 0.3) is 0 Å². The van der Waals surface area contributed by atoms with E-state index in [4.69, 9.17) is 0 Å². The summed E-state index contributed by atoms with van der Waals surface area (Å²) >= 11 is 0. The first-order valence-corrected chi connectivity index (χ1v) is 9.84. The molecular weight excluding hydrogens is 342 g/mol. The molecule has 1 amide bonds. The molecule has 1 aromatic heterocycles. The number of benzene rings is 1. The van der Waals surface area contributed by atoms with Crippen LogP contribution in [0, 0.1) is 6.92 Å². The highest BCUT2D eigenvalue weighted by Crippen LogP contribution is 2.18. The lowest BCUT2D eigenvalue weighted by Gasteiger charge is -2.22. The van der Waals surface area contributed by atoms with Gasteiger partial charge in [-0.05, 0) is 31.0 Å². The van der Waals surface area contributed by atoms with Crippen LogP contribution < -0.4 is 9.62 Å². The van der Waals surface area contributed by atoms with Gasteiger partial charge < -0.3 is 9.88 Å².